The van der Waals surface area contributed by atoms with Crippen LogP contribution in [0.4, 0.5) is 0 Å². The van der Waals surface area contributed by atoms with E-state index in [9.17, 15) is 4.79 Å². The van der Waals surface area contributed by atoms with Gasteiger partial charge in [-0.15, -0.1) is 0 Å². The molecule has 1 aliphatic heterocycles. The molecular weight excluding hydrogens is 238 g/mol. The molecule has 0 bridgehead atoms. The molecule has 2 heterocycles. The highest BCUT2D eigenvalue weighted by Crippen LogP contribution is 2.42. The summed E-state index contributed by atoms with van der Waals surface area (Å²) < 4.78 is 2.24. The van der Waals surface area contributed by atoms with Crippen molar-refractivity contribution in [3.8, 4) is 0 Å². The molecule has 0 saturated carbocycles. The summed E-state index contributed by atoms with van der Waals surface area (Å²) in [5.74, 6) is 0.0258. The van der Waals surface area contributed by atoms with Crippen LogP contribution in [0.1, 0.15) is 41.9 Å². The molecular formula is C15H21N3O. The first-order chi connectivity index (χ1) is 9.04. The van der Waals surface area contributed by atoms with Gasteiger partial charge in [-0.25, -0.2) is 0 Å². The maximum atomic E-state index is 12.2. The lowest BCUT2D eigenvalue weighted by atomic mass is 9.74. The summed E-state index contributed by atoms with van der Waals surface area (Å²) >= 11 is 0. The first kappa shape index (κ1) is 12.5. The van der Waals surface area contributed by atoms with Crippen LogP contribution in [0, 0.1) is 0 Å². The lowest BCUT2D eigenvalue weighted by Gasteiger charge is -2.31. The van der Waals surface area contributed by atoms with Gasteiger partial charge in [0.2, 0.25) is 0 Å². The Bertz CT molecular complexity index is 566. The van der Waals surface area contributed by atoms with Crippen molar-refractivity contribution >= 4 is 11.5 Å². The van der Waals surface area contributed by atoms with E-state index in [4.69, 9.17) is 0 Å². The number of nitrogens with one attached hydrogen (secondary N) is 2. The molecule has 0 aromatic carbocycles. The number of allylic oxidation sites excluding steroid dienone is 1. The number of amides is 1. The van der Waals surface area contributed by atoms with E-state index in [-0.39, 0.29) is 11.3 Å². The second-order valence-electron chi connectivity index (χ2n) is 6.03. The van der Waals surface area contributed by atoms with E-state index < -0.39 is 0 Å². The van der Waals surface area contributed by atoms with Crippen molar-refractivity contribution in [2.45, 2.75) is 32.2 Å². The molecule has 0 unspecified atom stereocenters. The summed E-state index contributed by atoms with van der Waals surface area (Å²) in [6.45, 7) is 7.22. The fraction of sp³-hybridized carbons (Fsp3) is 0.533. The smallest absolute Gasteiger partial charge is 0.252 e. The maximum Gasteiger partial charge on any atom is 0.252 e. The minimum Gasteiger partial charge on any atom is -0.355 e. The predicted molar refractivity (Wildman–Crippen MR) is 76.3 cm³/mol. The standard InChI is InChI=1S/C15H21N3O/c1-15(2)5-4-10-8-17-6-7-18-9-11(14(19)16-3)12(15)13(10)18/h4,9,17H,5-8H2,1-3H3,(H,16,19). The molecule has 1 amide bonds. The van der Waals surface area contributed by atoms with Crippen LogP contribution in [0.25, 0.3) is 5.57 Å². The molecule has 0 saturated heterocycles. The Morgan fingerprint density at radius 2 is 2.26 bits per heavy atom. The van der Waals surface area contributed by atoms with Crippen molar-refractivity contribution < 1.29 is 4.79 Å². The Morgan fingerprint density at radius 3 is 3.00 bits per heavy atom. The maximum absolute atomic E-state index is 12.2. The molecule has 0 radical (unpaired) electrons. The van der Waals surface area contributed by atoms with Crippen LogP contribution in [0.3, 0.4) is 0 Å². The quantitative estimate of drug-likeness (QED) is 0.803. The van der Waals surface area contributed by atoms with Crippen molar-refractivity contribution in [2.75, 3.05) is 20.1 Å². The second-order valence-corrected chi connectivity index (χ2v) is 6.03. The van der Waals surface area contributed by atoms with E-state index >= 15 is 0 Å². The Morgan fingerprint density at radius 1 is 1.47 bits per heavy atom. The van der Waals surface area contributed by atoms with E-state index in [0.29, 0.717) is 0 Å². The Labute approximate surface area is 113 Å². The molecule has 4 nitrogen and oxygen atoms in total. The molecule has 1 aromatic rings. The van der Waals surface area contributed by atoms with Gasteiger partial charge < -0.3 is 15.2 Å². The van der Waals surface area contributed by atoms with Gasteiger partial charge in [0.1, 0.15) is 0 Å². The van der Waals surface area contributed by atoms with Crippen LogP contribution in [0.2, 0.25) is 0 Å². The minimum atomic E-state index is 0.0241. The van der Waals surface area contributed by atoms with Crippen LogP contribution in [0.5, 0.6) is 0 Å². The third kappa shape index (κ3) is 1.82. The van der Waals surface area contributed by atoms with Crippen LogP contribution < -0.4 is 10.6 Å². The molecule has 3 rings (SSSR count). The fourth-order valence-electron chi connectivity index (χ4n) is 3.22. The summed E-state index contributed by atoms with van der Waals surface area (Å²) in [6.07, 6.45) is 5.34. The van der Waals surface area contributed by atoms with E-state index in [1.807, 2.05) is 6.20 Å². The zero-order valence-corrected chi connectivity index (χ0v) is 11.8. The average Bonchev–Trinajstić information content (AvgIpc) is 2.66. The zero-order valence-electron chi connectivity index (χ0n) is 11.8. The van der Waals surface area contributed by atoms with Crippen molar-refractivity contribution in [1.29, 1.82) is 0 Å². The van der Waals surface area contributed by atoms with Gasteiger partial charge in [0.15, 0.2) is 0 Å². The van der Waals surface area contributed by atoms with E-state index in [0.717, 1.165) is 31.6 Å². The molecule has 0 atom stereocenters. The van der Waals surface area contributed by atoms with E-state index in [1.165, 1.54) is 16.8 Å². The van der Waals surface area contributed by atoms with Gasteiger partial charge in [-0.3, -0.25) is 4.79 Å². The summed E-state index contributed by atoms with van der Waals surface area (Å²) in [7, 11) is 1.70. The third-order valence-corrected chi connectivity index (χ3v) is 4.23. The normalized spacial score (nSPS) is 20.3. The Kier molecular flexibility index (Phi) is 2.78. The molecule has 102 valence electrons. The largest absolute Gasteiger partial charge is 0.355 e. The van der Waals surface area contributed by atoms with Gasteiger partial charge in [-0.05, 0) is 23.0 Å². The number of carbonyl (C=O) groups is 1. The number of rotatable bonds is 1. The highest BCUT2D eigenvalue weighted by atomic mass is 16.1. The van der Waals surface area contributed by atoms with Crippen molar-refractivity contribution in [3.63, 3.8) is 0 Å². The van der Waals surface area contributed by atoms with Crippen molar-refractivity contribution in [2.24, 2.45) is 0 Å². The fourth-order valence-corrected chi connectivity index (χ4v) is 3.22. The summed E-state index contributed by atoms with van der Waals surface area (Å²) in [5, 5.41) is 6.21. The molecule has 1 aromatic heterocycles. The van der Waals surface area contributed by atoms with E-state index in [2.05, 4.69) is 35.1 Å². The van der Waals surface area contributed by atoms with Gasteiger partial charge in [0.05, 0.1) is 5.56 Å². The summed E-state index contributed by atoms with van der Waals surface area (Å²) in [6, 6.07) is 0. The predicted octanol–water partition coefficient (Wildman–Crippen LogP) is 1.52. The summed E-state index contributed by atoms with van der Waals surface area (Å²) in [4.78, 5) is 12.2. The minimum absolute atomic E-state index is 0.0241. The van der Waals surface area contributed by atoms with Crippen LogP contribution >= 0.6 is 0 Å². The van der Waals surface area contributed by atoms with Gasteiger partial charge in [0.25, 0.3) is 5.91 Å². The lowest BCUT2D eigenvalue weighted by Crippen LogP contribution is -2.28. The first-order valence-electron chi connectivity index (χ1n) is 6.90. The monoisotopic (exact) mass is 259 g/mol. The van der Waals surface area contributed by atoms with Crippen LogP contribution in [-0.2, 0) is 12.0 Å². The second kappa shape index (κ2) is 4.23. The Balaban J connectivity index is 2.26. The number of aromatic nitrogens is 1. The molecule has 2 N–H and O–H groups in total. The first-order valence-corrected chi connectivity index (χ1v) is 6.90. The molecule has 0 fully saturated rings. The number of carbonyl (C=O) groups excluding carboxylic acids is 1. The number of hydrogen-bond donors (Lipinski definition) is 2. The highest BCUT2D eigenvalue weighted by Gasteiger charge is 2.36. The van der Waals surface area contributed by atoms with Gasteiger partial charge in [-0.1, -0.05) is 19.9 Å². The molecule has 2 aliphatic rings. The highest BCUT2D eigenvalue weighted by molar-refractivity contribution is 5.98. The number of nitrogens with zero attached hydrogens (tertiary/aromatic N) is 1. The van der Waals surface area contributed by atoms with Crippen LogP contribution in [0.15, 0.2) is 12.3 Å². The third-order valence-electron chi connectivity index (χ3n) is 4.23. The SMILES string of the molecule is CNC(=O)c1cn2c3c1C(C)(C)CC=C3CNCC2. The van der Waals surface area contributed by atoms with Crippen LogP contribution in [-0.4, -0.2) is 30.6 Å². The topological polar surface area (TPSA) is 46.1 Å². The lowest BCUT2D eigenvalue weighted by molar-refractivity contribution is 0.0961. The van der Waals surface area contributed by atoms with Gasteiger partial charge in [0, 0.05) is 38.6 Å². The number of hydrogen-bond acceptors (Lipinski definition) is 2. The summed E-state index contributed by atoms with van der Waals surface area (Å²) in [5.41, 5.74) is 4.68. The molecule has 4 heteroatoms. The van der Waals surface area contributed by atoms with Gasteiger partial charge >= 0.3 is 0 Å². The molecule has 1 aliphatic carbocycles. The zero-order chi connectivity index (χ0) is 13.6. The van der Waals surface area contributed by atoms with Gasteiger partial charge in [-0.2, -0.15) is 0 Å². The molecule has 19 heavy (non-hydrogen) atoms. The average molecular weight is 259 g/mol. The van der Waals surface area contributed by atoms with Crippen molar-refractivity contribution in [3.05, 3.63) is 29.1 Å². The Hall–Kier alpha value is -1.55. The van der Waals surface area contributed by atoms with E-state index in [1.54, 1.807) is 7.05 Å². The van der Waals surface area contributed by atoms with Crippen molar-refractivity contribution in [1.82, 2.24) is 15.2 Å². The molecule has 0 spiro atoms.